The van der Waals surface area contributed by atoms with E-state index in [0.717, 1.165) is 57.2 Å². The Bertz CT molecular complexity index is 1090. The van der Waals surface area contributed by atoms with Gasteiger partial charge in [0.2, 0.25) is 0 Å². The first-order chi connectivity index (χ1) is 19.9. The van der Waals surface area contributed by atoms with Crippen LogP contribution in [0.2, 0.25) is 0 Å². The molecular formula is C33H51NO8. The zero-order valence-electron chi connectivity index (χ0n) is 25.7. The zero-order chi connectivity index (χ0) is 30.1. The van der Waals surface area contributed by atoms with Crippen molar-refractivity contribution in [2.75, 3.05) is 13.2 Å². The van der Waals surface area contributed by atoms with E-state index in [1.807, 2.05) is 0 Å². The number of carbonyl (C=O) groups is 2. The van der Waals surface area contributed by atoms with Gasteiger partial charge in [0.1, 0.15) is 30.2 Å². The lowest BCUT2D eigenvalue weighted by atomic mass is 9.44. The molecule has 0 aromatic carbocycles. The molecule has 236 valence electrons. The van der Waals surface area contributed by atoms with Crippen LogP contribution in [0.5, 0.6) is 0 Å². The van der Waals surface area contributed by atoms with Gasteiger partial charge in [0.25, 0.3) is 0 Å². The second kappa shape index (κ2) is 11.3. The van der Waals surface area contributed by atoms with Gasteiger partial charge in [-0.15, -0.1) is 0 Å². The highest BCUT2D eigenvalue weighted by Crippen LogP contribution is 2.68. The summed E-state index contributed by atoms with van der Waals surface area (Å²) in [4.78, 5) is 31.9. The van der Waals surface area contributed by atoms with Crippen LogP contribution in [0, 0.1) is 52.3 Å². The fourth-order valence-electron chi connectivity index (χ4n) is 10.7. The van der Waals surface area contributed by atoms with E-state index in [2.05, 4.69) is 32.7 Å². The molecular weight excluding hydrogens is 538 g/mol. The highest BCUT2D eigenvalue weighted by molar-refractivity contribution is 6.41. The maximum absolute atomic E-state index is 13.9. The molecule has 6 rings (SSSR count). The van der Waals surface area contributed by atoms with Gasteiger partial charge in [0.15, 0.2) is 12.1 Å². The number of rotatable bonds is 6. The van der Waals surface area contributed by atoms with Gasteiger partial charge >= 0.3 is 0 Å². The number of carbonyl (C=O) groups excluding carboxylic acids is 2. The number of aliphatic imine (C=N–C) groups is 1. The highest BCUT2D eigenvalue weighted by atomic mass is 16.7. The summed E-state index contributed by atoms with van der Waals surface area (Å²) in [6.45, 7) is 9.25. The molecule has 0 bridgehead atoms. The molecule has 2 heterocycles. The molecule has 9 heteroatoms. The van der Waals surface area contributed by atoms with Crippen LogP contribution in [0.3, 0.4) is 0 Å². The van der Waals surface area contributed by atoms with Crippen molar-refractivity contribution in [2.45, 2.75) is 122 Å². The second-order valence-corrected chi connectivity index (χ2v) is 15.3. The van der Waals surface area contributed by atoms with Gasteiger partial charge in [-0.2, -0.15) is 0 Å². The summed E-state index contributed by atoms with van der Waals surface area (Å²) in [6, 6.07) is 0. The Kier molecular flexibility index (Phi) is 8.27. The third-order valence-electron chi connectivity index (χ3n) is 13.1. The number of hydrogen-bond acceptors (Lipinski definition) is 9. The van der Waals surface area contributed by atoms with Gasteiger partial charge in [0, 0.05) is 24.8 Å². The number of fused-ring (bicyclic) bond motifs is 5. The van der Waals surface area contributed by atoms with Crippen molar-refractivity contribution in [3.63, 3.8) is 0 Å². The molecule has 4 N–H and O–H groups in total. The Morgan fingerprint density at radius 2 is 1.74 bits per heavy atom. The minimum absolute atomic E-state index is 0.0294. The van der Waals surface area contributed by atoms with E-state index in [-0.39, 0.29) is 34.6 Å². The Morgan fingerprint density at radius 3 is 2.43 bits per heavy atom. The van der Waals surface area contributed by atoms with Crippen LogP contribution in [0.25, 0.3) is 0 Å². The van der Waals surface area contributed by atoms with Gasteiger partial charge in [-0.05, 0) is 91.8 Å². The molecule has 15 atom stereocenters. The first-order valence-corrected chi connectivity index (χ1v) is 16.4. The van der Waals surface area contributed by atoms with Gasteiger partial charge < -0.3 is 29.9 Å². The van der Waals surface area contributed by atoms with Crippen LogP contribution < -0.4 is 0 Å². The van der Waals surface area contributed by atoms with E-state index >= 15 is 0 Å². The van der Waals surface area contributed by atoms with E-state index < -0.39 is 37.3 Å². The normalized spacial score (nSPS) is 51.3. The highest BCUT2D eigenvalue weighted by Gasteiger charge is 2.63. The summed E-state index contributed by atoms with van der Waals surface area (Å²) in [5, 5.41) is 40.3. The van der Waals surface area contributed by atoms with Crippen molar-refractivity contribution in [1.82, 2.24) is 0 Å². The van der Waals surface area contributed by atoms with Crippen molar-refractivity contribution in [1.29, 1.82) is 0 Å². The van der Waals surface area contributed by atoms with E-state index in [1.54, 1.807) is 0 Å². The van der Waals surface area contributed by atoms with Crippen molar-refractivity contribution in [2.24, 2.45) is 57.2 Å². The summed E-state index contributed by atoms with van der Waals surface area (Å²) in [5.41, 5.74) is 0.736. The minimum atomic E-state index is -1.48. The Morgan fingerprint density at radius 1 is 1.02 bits per heavy atom. The van der Waals surface area contributed by atoms with Gasteiger partial charge in [0.05, 0.1) is 18.4 Å². The summed E-state index contributed by atoms with van der Waals surface area (Å²) in [6.07, 6.45) is 0.930. The maximum atomic E-state index is 13.9. The van der Waals surface area contributed by atoms with Crippen molar-refractivity contribution in [3.8, 4) is 0 Å². The SMILES string of the molecule is C[C@H]1CN=C(C(=O)[C@@H](C)[C@H]2CC[C@@H]3[C@@H]4CC(=O)[C@H]5C[C@@H](O[C@@H]6O[C@H](CO)[C@@H](O)[C@@H](O)[C@H]6O)CC[C@]5(C)[C@H]4CC[C@@]32C)C1. The average Bonchev–Trinajstić information content (AvgIpc) is 3.56. The maximum Gasteiger partial charge on any atom is 0.186 e. The average molecular weight is 590 g/mol. The number of Topliss-reactive ketones (excluding diaryl/α,β-unsaturated/α-hetero) is 2. The standard InChI is InChI=1S/C33H51NO8/c1-16-11-24(34-14-16)27(37)17(2)20-5-6-21-19-13-25(36)23-12-18(7-9-33(23,4)22(19)8-10-32(20,21)3)41-31-30(40)29(39)28(38)26(15-35)42-31/h16-23,26,28-31,35,38-40H,5-15H2,1-4H3/t16-,17+,18+,19+,20-,21-,22+,23-,26-,28-,29-,30-,31-,32-,33-/m1/s1. The molecule has 0 amide bonds. The molecule has 4 saturated carbocycles. The number of aliphatic hydroxyl groups is 4. The van der Waals surface area contributed by atoms with Gasteiger partial charge in [-0.3, -0.25) is 14.6 Å². The number of aliphatic hydroxyl groups excluding tert-OH is 4. The van der Waals surface area contributed by atoms with Crippen LogP contribution in [-0.2, 0) is 19.1 Å². The fraction of sp³-hybridized carbons (Fsp3) is 0.909. The predicted octanol–water partition coefficient (Wildman–Crippen LogP) is 2.70. The summed E-state index contributed by atoms with van der Waals surface area (Å²) < 4.78 is 11.7. The molecule has 4 aliphatic carbocycles. The van der Waals surface area contributed by atoms with E-state index in [1.165, 1.54) is 0 Å². The zero-order valence-corrected chi connectivity index (χ0v) is 25.7. The Balaban J connectivity index is 1.14. The number of hydrogen-bond donors (Lipinski definition) is 4. The first kappa shape index (κ1) is 30.8. The van der Waals surface area contributed by atoms with Crippen LogP contribution in [-0.4, -0.2) is 87.7 Å². The summed E-state index contributed by atoms with van der Waals surface area (Å²) in [7, 11) is 0. The fourth-order valence-corrected chi connectivity index (χ4v) is 10.7. The smallest absolute Gasteiger partial charge is 0.186 e. The molecule has 5 fully saturated rings. The number of nitrogens with zero attached hydrogens (tertiary/aromatic N) is 1. The first-order valence-electron chi connectivity index (χ1n) is 16.4. The molecule has 0 spiro atoms. The minimum Gasteiger partial charge on any atom is -0.394 e. The molecule has 2 aliphatic heterocycles. The molecule has 0 aromatic heterocycles. The number of ether oxygens (including phenoxy) is 2. The topological polar surface area (TPSA) is 146 Å². The molecule has 6 aliphatic rings. The van der Waals surface area contributed by atoms with Gasteiger partial charge in [-0.25, -0.2) is 0 Å². The van der Waals surface area contributed by atoms with Crippen molar-refractivity contribution >= 4 is 17.3 Å². The third-order valence-corrected chi connectivity index (χ3v) is 13.1. The van der Waals surface area contributed by atoms with E-state index in [9.17, 15) is 30.0 Å². The lowest BCUT2D eigenvalue weighted by molar-refractivity contribution is -0.315. The molecule has 0 radical (unpaired) electrons. The van der Waals surface area contributed by atoms with Crippen LogP contribution in [0.4, 0.5) is 0 Å². The quantitative estimate of drug-likeness (QED) is 0.346. The second-order valence-electron chi connectivity index (χ2n) is 15.3. The Hall–Kier alpha value is -1.23. The molecule has 42 heavy (non-hydrogen) atoms. The van der Waals surface area contributed by atoms with Crippen LogP contribution in [0.15, 0.2) is 4.99 Å². The van der Waals surface area contributed by atoms with Gasteiger partial charge in [-0.1, -0.05) is 27.7 Å². The van der Waals surface area contributed by atoms with Crippen LogP contribution >= 0.6 is 0 Å². The molecule has 0 aromatic rings. The molecule has 1 saturated heterocycles. The third kappa shape index (κ3) is 4.85. The lowest BCUT2D eigenvalue weighted by Crippen LogP contribution is -2.61. The Labute approximate surface area is 249 Å². The predicted molar refractivity (Wildman–Crippen MR) is 155 cm³/mol. The number of ketones is 2. The summed E-state index contributed by atoms with van der Waals surface area (Å²) in [5.74, 6) is 2.42. The van der Waals surface area contributed by atoms with Crippen LogP contribution in [0.1, 0.15) is 85.5 Å². The van der Waals surface area contributed by atoms with E-state index in [0.29, 0.717) is 48.2 Å². The lowest BCUT2D eigenvalue weighted by Gasteiger charge is -2.60. The van der Waals surface area contributed by atoms with Crippen molar-refractivity contribution in [3.05, 3.63) is 0 Å². The molecule has 9 nitrogen and oxygen atoms in total. The summed E-state index contributed by atoms with van der Waals surface area (Å²) >= 11 is 0. The molecule has 0 unspecified atom stereocenters. The van der Waals surface area contributed by atoms with Crippen molar-refractivity contribution < 1.29 is 39.5 Å². The largest absolute Gasteiger partial charge is 0.394 e. The van der Waals surface area contributed by atoms with E-state index in [4.69, 9.17) is 9.47 Å². The monoisotopic (exact) mass is 589 g/mol.